The zero-order valence-corrected chi connectivity index (χ0v) is 23.4. The van der Waals surface area contributed by atoms with Gasteiger partial charge in [0.2, 0.25) is 0 Å². The standard InChI is InChI=1S/C28H36N2O5S2/c1-4-6-7-8-9-10-14-19-35-24-18-17-22(20-25(24)34-3)21-26-27(31)30(5-2)28(36-26)29-37(32,33)23-15-12-11-13-16-23/h11-13,15-18,20-21H,4-10,14,19H2,1-3H3/b26-21-,29-28+. The van der Waals surface area contributed by atoms with E-state index in [1.807, 2.05) is 18.2 Å². The number of amidine groups is 1. The smallest absolute Gasteiger partial charge is 0.284 e. The van der Waals surface area contributed by atoms with Gasteiger partial charge in [0.15, 0.2) is 16.7 Å². The van der Waals surface area contributed by atoms with Crippen LogP contribution < -0.4 is 9.47 Å². The molecule has 0 aromatic heterocycles. The maximum absolute atomic E-state index is 13.0. The van der Waals surface area contributed by atoms with E-state index >= 15 is 0 Å². The van der Waals surface area contributed by atoms with Gasteiger partial charge in [-0.15, -0.1) is 4.40 Å². The van der Waals surface area contributed by atoms with Crippen LogP contribution in [0.2, 0.25) is 0 Å². The van der Waals surface area contributed by atoms with Crippen LogP contribution in [-0.4, -0.2) is 44.7 Å². The van der Waals surface area contributed by atoms with E-state index in [2.05, 4.69) is 11.3 Å². The van der Waals surface area contributed by atoms with Crippen LogP contribution in [0.1, 0.15) is 64.4 Å². The zero-order valence-electron chi connectivity index (χ0n) is 21.8. The molecule has 0 atom stereocenters. The number of sulfonamides is 1. The van der Waals surface area contributed by atoms with Gasteiger partial charge in [0, 0.05) is 6.54 Å². The summed E-state index contributed by atoms with van der Waals surface area (Å²) >= 11 is 1.05. The first kappa shape index (κ1) is 28.8. The third kappa shape index (κ3) is 8.10. The number of unbranched alkanes of at least 4 members (excludes halogenated alkanes) is 6. The normalized spacial score (nSPS) is 16.1. The zero-order chi connectivity index (χ0) is 26.7. The number of amides is 1. The molecule has 1 saturated heterocycles. The van der Waals surface area contributed by atoms with E-state index in [0.717, 1.165) is 30.2 Å². The lowest BCUT2D eigenvalue weighted by Crippen LogP contribution is -2.29. The second-order valence-corrected chi connectivity index (χ2v) is 11.3. The minimum Gasteiger partial charge on any atom is -0.493 e. The Morgan fingerprint density at radius 2 is 1.65 bits per heavy atom. The molecule has 0 bridgehead atoms. The number of carbonyl (C=O) groups is 1. The fraction of sp³-hybridized carbons (Fsp3) is 0.429. The first-order valence-electron chi connectivity index (χ1n) is 12.8. The van der Waals surface area contributed by atoms with Crippen molar-refractivity contribution < 1.29 is 22.7 Å². The molecule has 0 unspecified atom stereocenters. The topological polar surface area (TPSA) is 85.3 Å². The van der Waals surface area contributed by atoms with Crippen molar-refractivity contribution in [1.29, 1.82) is 0 Å². The molecule has 0 spiro atoms. The Morgan fingerprint density at radius 1 is 0.946 bits per heavy atom. The lowest BCUT2D eigenvalue weighted by atomic mass is 10.1. The quantitative estimate of drug-likeness (QED) is 0.199. The summed E-state index contributed by atoms with van der Waals surface area (Å²) in [5.74, 6) is 0.959. The molecule has 1 heterocycles. The van der Waals surface area contributed by atoms with Crippen LogP contribution in [0, 0.1) is 0 Å². The number of hydrogen-bond donors (Lipinski definition) is 0. The molecular weight excluding hydrogens is 508 g/mol. The Kier molecular flexibility index (Phi) is 11.1. The minimum absolute atomic E-state index is 0.0841. The lowest BCUT2D eigenvalue weighted by molar-refractivity contribution is -0.122. The van der Waals surface area contributed by atoms with Crippen LogP contribution in [0.3, 0.4) is 0 Å². The summed E-state index contributed by atoms with van der Waals surface area (Å²) in [6.45, 7) is 4.94. The number of carbonyl (C=O) groups excluding carboxylic acids is 1. The van der Waals surface area contributed by atoms with E-state index in [9.17, 15) is 13.2 Å². The summed E-state index contributed by atoms with van der Waals surface area (Å²) in [7, 11) is -2.35. The first-order valence-corrected chi connectivity index (χ1v) is 15.1. The van der Waals surface area contributed by atoms with Crippen molar-refractivity contribution in [3.8, 4) is 11.5 Å². The molecule has 1 aliphatic rings. The van der Waals surface area contributed by atoms with Crippen LogP contribution in [0.4, 0.5) is 0 Å². The van der Waals surface area contributed by atoms with Crippen molar-refractivity contribution in [2.75, 3.05) is 20.3 Å². The van der Waals surface area contributed by atoms with Gasteiger partial charge in [0.05, 0.1) is 23.5 Å². The predicted octanol–water partition coefficient (Wildman–Crippen LogP) is 6.51. The van der Waals surface area contributed by atoms with Gasteiger partial charge in [-0.05, 0) is 61.0 Å². The minimum atomic E-state index is -3.93. The van der Waals surface area contributed by atoms with Gasteiger partial charge in [0.1, 0.15) is 0 Å². The van der Waals surface area contributed by atoms with E-state index in [0.29, 0.717) is 29.6 Å². The maximum Gasteiger partial charge on any atom is 0.284 e. The van der Waals surface area contributed by atoms with Crippen LogP contribution in [0.5, 0.6) is 11.5 Å². The second-order valence-electron chi connectivity index (χ2n) is 8.70. The lowest BCUT2D eigenvalue weighted by Gasteiger charge is -2.12. The predicted molar refractivity (Wildman–Crippen MR) is 150 cm³/mol. The summed E-state index contributed by atoms with van der Waals surface area (Å²) in [5.41, 5.74) is 0.749. The van der Waals surface area contributed by atoms with Gasteiger partial charge in [-0.1, -0.05) is 69.7 Å². The van der Waals surface area contributed by atoms with Crippen molar-refractivity contribution in [1.82, 2.24) is 4.90 Å². The average molecular weight is 545 g/mol. The SMILES string of the molecule is CCCCCCCCCOc1ccc(/C=C2\S/C(=N/S(=O)(=O)c3ccccc3)N(CC)C2=O)cc1OC. The highest BCUT2D eigenvalue weighted by molar-refractivity contribution is 8.19. The van der Waals surface area contributed by atoms with Gasteiger partial charge in [-0.2, -0.15) is 8.42 Å². The Balaban J connectivity index is 1.68. The molecule has 0 saturated carbocycles. The van der Waals surface area contributed by atoms with Gasteiger partial charge in [0.25, 0.3) is 15.9 Å². The highest BCUT2D eigenvalue weighted by Crippen LogP contribution is 2.35. The number of thioether (sulfide) groups is 1. The molecule has 3 rings (SSSR count). The summed E-state index contributed by atoms with van der Waals surface area (Å²) in [6.07, 6.45) is 10.2. The van der Waals surface area contributed by atoms with E-state index in [1.54, 1.807) is 38.3 Å². The third-order valence-corrected chi connectivity index (χ3v) is 8.34. The first-order chi connectivity index (χ1) is 17.9. The average Bonchev–Trinajstić information content (AvgIpc) is 3.19. The van der Waals surface area contributed by atoms with Gasteiger partial charge < -0.3 is 9.47 Å². The van der Waals surface area contributed by atoms with Crippen molar-refractivity contribution in [3.05, 3.63) is 59.0 Å². The number of methoxy groups -OCH3 is 1. The van der Waals surface area contributed by atoms with E-state index in [4.69, 9.17) is 9.47 Å². The summed E-state index contributed by atoms with van der Waals surface area (Å²) in [4.78, 5) is 14.8. The largest absolute Gasteiger partial charge is 0.493 e. The fourth-order valence-electron chi connectivity index (χ4n) is 3.89. The monoisotopic (exact) mass is 544 g/mol. The van der Waals surface area contributed by atoms with Gasteiger partial charge in [-0.25, -0.2) is 0 Å². The van der Waals surface area contributed by atoms with Gasteiger partial charge in [-0.3, -0.25) is 9.69 Å². The second kappa shape index (κ2) is 14.2. The maximum atomic E-state index is 13.0. The molecule has 9 heteroatoms. The molecule has 1 amide bonds. The molecule has 0 radical (unpaired) electrons. The molecule has 7 nitrogen and oxygen atoms in total. The molecule has 1 fully saturated rings. The molecule has 200 valence electrons. The molecule has 37 heavy (non-hydrogen) atoms. The van der Waals surface area contributed by atoms with Crippen molar-refractivity contribution >= 4 is 38.9 Å². The molecule has 0 N–H and O–H groups in total. The van der Waals surface area contributed by atoms with E-state index in [-0.39, 0.29) is 16.0 Å². The Labute approximate surface area is 225 Å². The van der Waals surface area contributed by atoms with Crippen molar-refractivity contribution in [2.45, 2.75) is 63.7 Å². The number of hydrogen-bond acceptors (Lipinski definition) is 6. The number of nitrogens with zero attached hydrogens (tertiary/aromatic N) is 2. The number of ether oxygens (including phenoxy) is 2. The number of benzene rings is 2. The Morgan fingerprint density at radius 3 is 2.32 bits per heavy atom. The summed E-state index contributed by atoms with van der Waals surface area (Å²) in [6, 6.07) is 13.5. The Bertz CT molecular complexity index is 1210. The number of rotatable bonds is 14. The molecule has 2 aromatic carbocycles. The molecule has 1 aliphatic heterocycles. The highest BCUT2D eigenvalue weighted by Gasteiger charge is 2.34. The third-order valence-electron chi connectivity index (χ3n) is 5.93. The molecule has 0 aliphatic carbocycles. The van der Waals surface area contributed by atoms with Crippen LogP contribution in [0.25, 0.3) is 6.08 Å². The summed E-state index contributed by atoms with van der Waals surface area (Å²) in [5, 5.41) is 0.143. The van der Waals surface area contributed by atoms with Crippen LogP contribution >= 0.6 is 11.8 Å². The molecule has 2 aromatic rings. The highest BCUT2D eigenvalue weighted by atomic mass is 32.2. The van der Waals surface area contributed by atoms with Crippen LogP contribution in [0.15, 0.2) is 62.7 Å². The van der Waals surface area contributed by atoms with Crippen molar-refractivity contribution in [3.63, 3.8) is 0 Å². The Hall–Kier alpha value is -2.78. The number of likely N-dealkylation sites (N-methyl/N-ethyl adjacent to an activating group) is 1. The summed E-state index contributed by atoms with van der Waals surface area (Å²) < 4.78 is 40.9. The van der Waals surface area contributed by atoms with Crippen LogP contribution in [-0.2, 0) is 14.8 Å². The molecular formula is C28H36N2O5S2. The van der Waals surface area contributed by atoms with E-state index < -0.39 is 10.0 Å². The van der Waals surface area contributed by atoms with E-state index in [1.165, 1.54) is 49.1 Å². The van der Waals surface area contributed by atoms with Gasteiger partial charge >= 0.3 is 0 Å². The van der Waals surface area contributed by atoms with Crippen molar-refractivity contribution in [2.24, 2.45) is 4.40 Å². The fourth-order valence-corrected chi connectivity index (χ4v) is 6.15.